The highest BCUT2D eigenvalue weighted by molar-refractivity contribution is 5.95. The number of hydrogen-bond donors (Lipinski definition) is 3. The fourth-order valence-corrected chi connectivity index (χ4v) is 5.98. The lowest BCUT2D eigenvalue weighted by atomic mass is 10.00. The Balaban J connectivity index is 1.39. The number of carbonyl (C=O) groups is 5. The van der Waals surface area contributed by atoms with Gasteiger partial charge in [-0.2, -0.15) is 0 Å². The van der Waals surface area contributed by atoms with Crippen molar-refractivity contribution in [1.29, 1.82) is 0 Å². The fourth-order valence-electron chi connectivity index (χ4n) is 5.98. The maximum Gasteiger partial charge on any atom is 0.243 e. The van der Waals surface area contributed by atoms with Crippen LogP contribution in [0.3, 0.4) is 0 Å². The Morgan fingerprint density at radius 2 is 1.81 bits per heavy atom. The number of aromatic nitrogens is 3. The molecule has 5 rings (SSSR count). The van der Waals surface area contributed by atoms with Gasteiger partial charge in [-0.3, -0.25) is 24.0 Å². The molecule has 1 aromatic carbocycles. The van der Waals surface area contributed by atoms with Crippen LogP contribution in [0.15, 0.2) is 36.5 Å². The lowest BCUT2D eigenvalue weighted by Gasteiger charge is -2.30. The molecule has 230 valence electrons. The molecule has 0 spiro atoms. The summed E-state index contributed by atoms with van der Waals surface area (Å²) in [6, 6.07) is 6.39. The molecular weight excluding hydrogens is 552 g/mol. The summed E-state index contributed by atoms with van der Waals surface area (Å²) in [7, 11) is 0. The number of likely N-dealkylation sites (tertiary alicyclic amines) is 2. The Hall–Kier alpha value is -4.29. The molecule has 1 aromatic heterocycles. The van der Waals surface area contributed by atoms with Crippen LogP contribution < -0.4 is 16.0 Å². The highest BCUT2D eigenvalue weighted by Gasteiger charge is 2.42. The topological polar surface area (TPSA) is 159 Å². The van der Waals surface area contributed by atoms with E-state index in [0.717, 1.165) is 18.4 Å². The summed E-state index contributed by atoms with van der Waals surface area (Å²) in [4.78, 5) is 69.6. The van der Waals surface area contributed by atoms with Crippen molar-refractivity contribution in [3.05, 3.63) is 47.8 Å². The second kappa shape index (κ2) is 13.3. The zero-order valence-electron chi connectivity index (χ0n) is 24.7. The molecule has 13 heteroatoms. The van der Waals surface area contributed by atoms with Crippen LogP contribution in [0.1, 0.15) is 63.3 Å². The van der Waals surface area contributed by atoms with Crippen molar-refractivity contribution in [2.45, 2.75) is 83.1 Å². The van der Waals surface area contributed by atoms with Gasteiger partial charge in [0.05, 0.1) is 18.8 Å². The Bertz CT molecular complexity index is 1350. The van der Waals surface area contributed by atoms with Gasteiger partial charge in [0.1, 0.15) is 23.8 Å². The van der Waals surface area contributed by atoms with Crippen LogP contribution in [-0.2, 0) is 36.9 Å². The van der Waals surface area contributed by atoms with E-state index < -0.39 is 29.9 Å². The third-order valence-electron chi connectivity index (χ3n) is 8.46. The van der Waals surface area contributed by atoms with Crippen molar-refractivity contribution in [2.75, 3.05) is 19.6 Å². The molecule has 4 heterocycles. The van der Waals surface area contributed by atoms with E-state index >= 15 is 0 Å². The van der Waals surface area contributed by atoms with Gasteiger partial charge in [-0.05, 0) is 24.3 Å². The van der Waals surface area contributed by atoms with Crippen molar-refractivity contribution in [3.8, 4) is 0 Å². The molecule has 13 nitrogen and oxygen atoms in total. The summed E-state index contributed by atoms with van der Waals surface area (Å²) in [5.41, 5.74) is 1.39. The van der Waals surface area contributed by atoms with E-state index in [1.165, 1.54) is 4.90 Å². The fraction of sp³-hybridized carbons (Fsp3) is 0.567. The van der Waals surface area contributed by atoms with Gasteiger partial charge >= 0.3 is 0 Å². The molecule has 43 heavy (non-hydrogen) atoms. The zero-order chi connectivity index (χ0) is 30.5. The van der Waals surface area contributed by atoms with Gasteiger partial charge in [0.15, 0.2) is 0 Å². The molecule has 4 atom stereocenters. The number of nitrogens with one attached hydrogen (secondary N) is 3. The first-order valence-corrected chi connectivity index (χ1v) is 15.1. The van der Waals surface area contributed by atoms with Gasteiger partial charge in [-0.15, -0.1) is 5.10 Å². The average Bonchev–Trinajstić information content (AvgIpc) is 3.65. The highest BCUT2D eigenvalue weighted by Crippen LogP contribution is 2.28. The second-order valence-corrected chi connectivity index (χ2v) is 11.9. The van der Waals surface area contributed by atoms with Gasteiger partial charge in [0.2, 0.25) is 29.5 Å². The molecule has 3 N–H and O–H groups in total. The molecule has 0 unspecified atom stereocenters. The predicted molar refractivity (Wildman–Crippen MR) is 155 cm³/mol. The molecule has 0 aliphatic carbocycles. The first-order valence-electron chi connectivity index (χ1n) is 15.1. The number of nitrogens with zero attached hydrogens (tertiary/aromatic N) is 5. The molecule has 5 amide bonds. The minimum absolute atomic E-state index is 0.0488. The number of rotatable bonds is 6. The van der Waals surface area contributed by atoms with Gasteiger partial charge in [-0.25, -0.2) is 4.68 Å². The Morgan fingerprint density at radius 1 is 1.02 bits per heavy atom. The van der Waals surface area contributed by atoms with E-state index in [1.54, 1.807) is 15.8 Å². The zero-order valence-corrected chi connectivity index (χ0v) is 24.7. The molecular formula is C30H40N8O5. The van der Waals surface area contributed by atoms with Crippen LogP contribution >= 0.6 is 0 Å². The second-order valence-electron chi connectivity index (χ2n) is 11.9. The Labute approximate surface area is 250 Å². The van der Waals surface area contributed by atoms with E-state index in [1.807, 2.05) is 44.2 Å². The minimum atomic E-state index is -0.928. The quantitative estimate of drug-likeness (QED) is 0.436. The Kier molecular flexibility index (Phi) is 9.37. The Morgan fingerprint density at radius 3 is 2.56 bits per heavy atom. The van der Waals surface area contributed by atoms with E-state index in [9.17, 15) is 24.0 Å². The van der Waals surface area contributed by atoms with Gasteiger partial charge in [-0.1, -0.05) is 49.4 Å². The molecule has 4 bridgehead atoms. The number of benzene rings is 1. The summed E-state index contributed by atoms with van der Waals surface area (Å²) in [6.45, 7) is 4.91. The third-order valence-corrected chi connectivity index (χ3v) is 8.46. The molecule has 0 radical (unpaired) electrons. The molecule has 2 fully saturated rings. The smallest absolute Gasteiger partial charge is 0.243 e. The monoisotopic (exact) mass is 592 g/mol. The van der Waals surface area contributed by atoms with Crippen molar-refractivity contribution < 1.29 is 24.0 Å². The summed E-state index contributed by atoms with van der Waals surface area (Å²) in [5, 5.41) is 17.0. The van der Waals surface area contributed by atoms with Crippen molar-refractivity contribution in [1.82, 2.24) is 40.7 Å². The third kappa shape index (κ3) is 7.20. The normalized spacial score (nSPS) is 25.1. The number of amides is 5. The van der Waals surface area contributed by atoms with E-state index in [4.69, 9.17) is 0 Å². The van der Waals surface area contributed by atoms with Crippen LogP contribution in [0.2, 0.25) is 0 Å². The number of piperidine rings is 1. The maximum absolute atomic E-state index is 13.8. The first kappa shape index (κ1) is 30.2. The van der Waals surface area contributed by atoms with Crippen LogP contribution in [0, 0.1) is 5.92 Å². The lowest BCUT2D eigenvalue weighted by Crippen LogP contribution is -2.58. The van der Waals surface area contributed by atoms with Gasteiger partial charge in [0.25, 0.3) is 0 Å². The van der Waals surface area contributed by atoms with Crippen molar-refractivity contribution in [3.63, 3.8) is 0 Å². The van der Waals surface area contributed by atoms with Crippen LogP contribution in [-0.4, -0.2) is 92.1 Å². The van der Waals surface area contributed by atoms with E-state index in [-0.39, 0.29) is 55.6 Å². The standard InChI is InChI=1S/C30H40N8O5/c1-19(2)27-30(43)32-23(14-20-8-4-3-5-9-20)28(41)31-16-21-17-38(35-34-21)22-15-24(29(42)33-27)37(18-22)26(40)11-13-36-12-7-6-10-25(36)39/h3-5,8-9,17,19,22-24,27H,6-7,10-16,18H2,1-2H3,(H,31,41)(H,32,43)(H,33,42)/t22-,23+,24-,27-/m0/s1. The van der Waals surface area contributed by atoms with E-state index in [2.05, 4.69) is 26.3 Å². The molecule has 0 saturated carbocycles. The predicted octanol–water partition coefficient (Wildman–Crippen LogP) is 0.321. The summed E-state index contributed by atoms with van der Waals surface area (Å²) < 4.78 is 1.63. The number of hydrogen-bond acceptors (Lipinski definition) is 7. The van der Waals surface area contributed by atoms with Crippen LogP contribution in [0.5, 0.6) is 0 Å². The molecule has 2 aromatic rings. The summed E-state index contributed by atoms with van der Waals surface area (Å²) in [5.74, 6) is -1.77. The lowest BCUT2D eigenvalue weighted by molar-refractivity contribution is -0.141. The van der Waals surface area contributed by atoms with Crippen LogP contribution in [0.25, 0.3) is 0 Å². The average molecular weight is 593 g/mol. The van der Waals surface area contributed by atoms with Crippen molar-refractivity contribution >= 4 is 29.5 Å². The molecule has 3 aliphatic rings. The minimum Gasteiger partial charge on any atom is -0.349 e. The number of fused-ring (bicyclic) bond motifs is 5. The SMILES string of the molecule is CC(C)[C@@H]1NC(=O)[C@@H]2C[C@@H](CN2C(=O)CCN2CCCCC2=O)n2cc(nn2)CNC(=O)[C@@H](Cc2ccccc2)NC1=O. The maximum atomic E-state index is 13.8. The molecule has 3 aliphatic heterocycles. The summed E-state index contributed by atoms with van der Waals surface area (Å²) >= 11 is 0. The van der Waals surface area contributed by atoms with Crippen molar-refractivity contribution in [2.24, 2.45) is 5.92 Å². The molecule has 2 saturated heterocycles. The first-order chi connectivity index (χ1) is 20.7. The highest BCUT2D eigenvalue weighted by atomic mass is 16.2. The largest absolute Gasteiger partial charge is 0.349 e. The van der Waals surface area contributed by atoms with E-state index in [0.29, 0.717) is 31.6 Å². The summed E-state index contributed by atoms with van der Waals surface area (Å²) in [6.07, 6.45) is 4.63. The number of carbonyl (C=O) groups excluding carboxylic acids is 5. The van der Waals surface area contributed by atoms with Gasteiger partial charge in [0, 0.05) is 45.3 Å². The van der Waals surface area contributed by atoms with Gasteiger partial charge < -0.3 is 25.8 Å². The van der Waals surface area contributed by atoms with Crippen LogP contribution in [0.4, 0.5) is 0 Å².